The maximum atomic E-state index is 11.3. The van der Waals surface area contributed by atoms with Crippen LogP contribution in [0.15, 0.2) is 0 Å². The zero-order chi connectivity index (χ0) is 13.5. The maximum Gasteiger partial charge on any atom is 0.308 e. The lowest BCUT2D eigenvalue weighted by Gasteiger charge is -2.37. The van der Waals surface area contributed by atoms with Gasteiger partial charge in [-0.3, -0.25) is 9.69 Å². The SMILES string of the molecule is CCOC(=O)CC(O)CN1CCC(OC)CC1C. The number of hydrogen-bond acceptors (Lipinski definition) is 5. The normalized spacial score (nSPS) is 26.9. The summed E-state index contributed by atoms with van der Waals surface area (Å²) in [6.45, 7) is 5.68. The quantitative estimate of drug-likeness (QED) is 0.715. The molecule has 1 saturated heterocycles. The number of methoxy groups -OCH3 is 1. The number of esters is 1. The zero-order valence-corrected chi connectivity index (χ0v) is 11.6. The number of piperidine rings is 1. The van der Waals surface area contributed by atoms with Gasteiger partial charge in [0.05, 0.1) is 25.2 Å². The highest BCUT2D eigenvalue weighted by Gasteiger charge is 2.27. The second kappa shape index (κ2) is 7.71. The standard InChI is InChI=1S/C13H25NO4/c1-4-18-13(16)8-11(15)9-14-6-5-12(17-3)7-10(14)2/h10-12,15H,4-9H2,1-3H3. The molecule has 0 amide bonds. The number of aliphatic hydroxyl groups excluding tert-OH is 1. The molecule has 3 unspecified atom stereocenters. The van der Waals surface area contributed by atoms with Gasteiger partial charge in [-0.2, -0.15) is 0 Å². The van der Waals surface area contributed by atoms with E-state index in [1.165, 1.54) is 0 Å². The van der Waals surface area contributed by atoms with Gasteiger partial charge in [-0.1, -0.05) is 0 Å². The molecule has 0 aromatic rings. The monoisotopic (exact) mass is 259 g/mol. The molecule has 106 valence electrons. The van der Waals surface area contributed by atoms with E-state index in [0.717, 1.165) is 19.4 Å². The number of carbonyl (C=O) groups is 1. The molecule has 1 aliphatic heterocycles. The largest absolute Gasteiger partial charge is 0.466 e. The van der Waals surface area contributed by atoms with Crippen LogP contribution in [0.1, 0.15) is 33.1 Å². The first kappa shape index (κ1) is 15.4. The van der Waals surface area contributed by atoms with E-state index in [2.05, 4.69) is 11.8 Å². The second-order valence-electron chi connectivity index (χ2n) is 4.89. The fraction of sp³-hybridized carbons (Fsp3) is 0.923. The third kappa shape index (κ3) is 4.92. The van der Waals surface area contributed by atoms with Crippen LogP contribution in [0.5, 0.6) is 0 Å². The molecule has 5 nitrogen and oxygen atoms in total. The summed E-state index contributed by atoms with van der Waals surface area (Å²) in [6, 6.07) is 0.376. The number of nitrogens with zero attached hydrogens (tertiary/aromatic N) is 1. The minimum Gasteiger partial charge on any atom is -0.466 e. The molecule has 0 aliphatic carbocycles. The van der Waals surface area contributed by atoms with E-state index in [1.807, 2.05) is 0 Å². The third-order valence-corrected chi connectivity index (χ3v) is 3.45. The lowest BCUT2D eigenvalue weighted by atomic mass is 10.00. The Morgan fingerprint density at radius 3 is 2.83 bits per heavy atom. The van der Waals surface area contributed by atoms with Gasteiger partial charge >= 0.3 is 5.97 Å². The highest BCUT2D eigenvalue weighted by atomic mass is 16.5. The molecule has 0 bridgehead atoms. The van der Waals surface area contributed by atoms with Gasteiger partial charge in [0.15, 0.2) is 0 Å². The van der Waals surface area contributed by atoms with E-state index >= 15 is 0 Å². The van der Waals surface area contributed by atoms with Crippen molar-refractivity contribution in [1.82, 2.24) is 4.90 Å². The molecule has 0 saturated carbocycles. The summed E-state index contributed by atoms with van der Waals surface area (Å²) in [5.41, 5.74) is 0. The Kier molecular flexibility index (Phi) is 6.60. The average molecular weight is 259 g/mol. The van der Waals surface area contributed by atoms with E-state index in [1.54, 1.807) is 14.0 Å². The summed E-state index contributed by atoms with van der Waals surface area (Å²) in [6.07, 6.45) is 1.70. The zero-order valence-electron chi connectivity index (χ0n) is 11.6. The summed E-state index contributed by atoms with van der Waals surface area (Å²) in [4.78, 5) is 13.5. The van der Waals surface area contributed by atoms with Gasteiger partial charge in [0.2, 0.25) is 0 Å². The van der Waals surface area contributed by atoms with E-state index in [4.69, 9.17) is 9.47 Å². The fourth-order valence-electron chi connectivity index (χ4n) is 2.41. The van der Waals surface area contributed by atoms with Crippen molar-refractivity contribution in [3.05, 3.63) is 0 Å². The topological polar surface area (TPSA) is 59.0 Å². The van der Waals surface area contributed by atoms with E-state index in [0.29, 0.717) is 25.3 Å². The first-order valence-electron chi connectivity index (χ1n) is 6.67. The Bertz CT molecular complexity index is 259. The van der Waals surface area contributed by atoms with Crippen LogP contribution in [0.4, 0.5) is 0 Å². The van der Waals surface area contributed by atoms with E-state index in [9.17, 15) is 9.90 Å². The van der Waals surface area contributed by atoms with Gasteiger partial charge in [-0.25, -0.2) is 0 Å². The van der Waals surface area contributed by atoms with Crippen LogP contribution in [0, 0.1) is 0 Å². The Labute approximate surface area is 109 Å². The maximum absolute atomic E-state index is 11.3. The molecular weight excluding hydrogens is 234 g/mol. The molecule has 1 fully saturated rings. The number of hydrogen-bond donors (Lipinski definition) is 1. The van der Waals surface area contributed by atoms with E-state index < -0.39 is 6.10 Å². The van der Waals surface area contributed by atoms with Crippen LogP contribution in [0.2, 0.25) is 0 Å². The van der Waals surface area contributed by atoms with Crippen molar-refractivity contribution in [2.75, 3.05) is 26.8 Å². The summed E-state index contributed by atoms with van der Waals surface area (Å²) < 4.78 is 10.2. The van der Waals surface area contributed by atoms with Crippen molar-refractivity contribution in [3.8, 4) is 0 Å². The highest BCUT2D eigenvalue weighted by molar-refractivity contribution is 5.69. The fourth-order valence-corrected chi connectivity index (χ4v) is 2.41. The Balaban J connectivity index is 2.31. The molecule has 0 spiro atoms. The molecule has 18 heavy (non-hydrogen) atoms. The van der Waals surface area contributed by atoms with Crippen LogP contribution in [0.3, 0.4) is 0 Å². The predicted octanol–water partition coefficient (Wildman–Crippen LogP) is 0.800. The van der Waals surface area contributed by atoms with Crippen molar-refractivity contribution in [1.29, 1.82) is 0 Å². The van der Waals surface area contributed by atoms with Crippen molar-refractivity contribution < 1.29 is 19.4 Å². The molecule has 0 aromatic carbocycles. The predicted molar refractivity (Wildman–Crippen MR) is 68.3 cm³/mol. The molecule has 1 rings (SSSR count). The molecule has 3 atom stereocenters. The number of ether oxygens (including phenoxy) is 2. The first-order chi connectivity index (χ1) is 8.56. The minimum atomic E-state index is -0.648. The average Bonchev–Trinajstić information content (AvgIpc) is 2.31. The number of carbonyl (C=O) groups excluding carboxylic acids is 1. The van der Waals surface area contributed by atoms with Gasteiger partial charge < -0.3 is 14.6 Å². The van der Waals surface area contributed by atoms with Crippen LogP contribution >= 0.6 is 0 Å². The minimum absolute atomic E-state index is 0.0742. The summed E-state index contributed by atoms with van der Waals surface area (Å²) in [7, 11) is 1.74. The second-order valence-corrected chi connectivity index (χ2v) is 4.89. The van der Waals surface area contributed by atoms with Crippen LogP contribution in [0.25, 0.3) is 0 Å². The first-order valence-corrected chi connectivity index (χ1v) is 6.67. The van der Waals surface area contributed by atoms with Crippen molar-refractivity contribution in [2.45, 2.75) is 51.4 Å². The van der Waals surface area contributed by atoms with Crippen LogP contribution in [-0.2, 0) is 14.3 Å². The molecule has 1 heterocycles. The number of aliphatic hydroxyl groups is 1. The Hall–Kier alpha value is -0.650. The van der Waals surface area contributed by atoms with Crippen LogP contribution < -0.4 is 0 Å². The van der Waals surface area contributed by atoms with Gasteiger partial charge in [0.25, 0.3) is 0 Å². The lowest BCUT2D eigenvalue weighted by Crippen LogP contribution is -2.46. The smallest absolute Gasteiger partial charge is 0.308 e. The van der Waals surface area contributed by atoms with Gasteiger partial charge in [-0.05, 0) is 26.7 Å². The summed E-state index contributed by atoms with van der Waals surface area (Å²) >= 11 is 0. The summed E-state index contributed by atoms with van der Waals surface area (Å²) in [5, 5.41) is 9.87. The number of β-amino-alcohol motifs (C(OH)–C–C–N with tert-alkyl or cyclic N) is 1. The highest BCUT2D eigenvalue weighted by Crippen LogP contribution is 2.19. The molecule has 5 heteroatoms. The number of rotatable bonds is 6. The molecular formula is C13H25NO4. The molecule has 1 N–H and O–H groups in total. The molecule has 1 aliphatic rings. The van der Waals surface area contributed by atoms with Crippen molar-refractivity contribution in [2.24, 2.45) is 0 Å². The molecule has 0 radical (unpaired) electrons. The van der Waals surface area contributed by atoms with Gasteiger partial charge in [0.1, 0.15) is 0 Å². The Morgan fingerprint density at radius 2 is 2.28 bits per heavy atom. The summed E-state index contributed by atoms with van der Waals surface area (Å²) in [5.74, 6) is -0.329. The number of likely N-dealkylation sites (tertiary alicyclic amines) is 1. The van der Waals surface area contributed by atoms with E-state index in [-0.39, 0.29) is 12.4 Å². The Morgan fingerprint density at radius 1 is 1.56 bits per heavy atom. The third-order valence-electron chi connectivity index (χ3n) is 3.45. The van der Waals surface area contributed by atoms with Crippen LogP contribution in [-0.4, -0.2) is 61.0 Å². The van der Waals surface area contributed by atoms with Crippen molar-refractivity contribution >= 4 is 5.97 Å². The lowest BCUT2D eigenvalue weighted by molar-refractivity contribution is -0.145. The van der Waals surface area contributed by atoms with Gasteiger partial charge in [0, 0.05) is 26.2 Å². The molecule has 0 aromatic heterocycles. The van der Waals surface area contributed by atoms with Crippen molar-refractivity contribution in [3.63, 3.8) is 0 Å². The van der Waals surface area contributed by atoms with Gasteiger partial charge in [-0.15, -0.1) is 0 Å².